The highest BCUT2D eigenvalue weighted by Gasteiger charge is 2.47. The summed E-state index contributed by atoms with van der Waals surface area (Å²) in [5.41, 5.74) is 7.93. The number of fused-ring (bicyclic) bond motifs is 1. The normalized spacial score (nSPS) is 29.8. The zero-order chi connectivity index (χ0) is 24.5. The number of aromatic nitrogens is 2. The predicted octanol–water partition coefficient (Wildman–Crippen LogP) is 3.25. The summed E-state index contributed by atoms with van der Waals surface area (Å²) < 4.78 is 23.0. The van der Waals surface area contributed by atoms with Crippen LogP contribution in [0, 0.1) is 5.92 Å². The van der Waals surface area contributed by atoms with E-state index in [0.29, 0.717) is 12.8 Å². The van der Waals surface area contributed by atoms with E-state index in [9.17, 15) is 4.79 Å². The monoisotopic (exact) mass is 484 g/mol. The number of nitrogens with one attached hydrogen (secondary N) is 3. The highest BCUT2D eigenvalue weighted by molar-refractivity contribution is 5.95. The van der Waals surface area contributed by atoms with Crippen molar-refractivity contribution in [2.24, 2.45) is 5.92 Å². The molecule has 35 heavy (non-hydrogen) atoms. The zero-order valence-corrected chi connectivity index (χ0v) is 20.8. The standard InChI is InChI=1S/C26H37FN6O2/c1-16(2)33-15-17(14-28-33)21-12-22-24(13-23(21)27)30-31-25(22)26(34)29-18-4-6-19(7-5-18)35-20-8-10-32(3)11-9-20/h4-7,14-16,20-25,30-31H,8-13H2,1-3H3,(H,29,34). The predicted molar refractivity (Wildman–Crippen MR) is 133 cm³/mol. The lowest BCUT2D eigenvalue weighted by Gasteiger charge is -2.35. The minimum atomic E-state index is -0.964. The highest BCUT2D eigenvalue weighted by Crippen LogP contribution is 2.41. The van der Waals surface area contributed by atoms with Crippen molar-refractivity contribution in [2.75, 3.05) is 25.5 Å². The topological polar surface area (TPSA) is 83.5 Å². The van der Waals surface area contributed by atoms with Crippen molar-refractivity contribution in [1.29, 1.82) is 0 Å². The van der Waals surface area contributed by atoms with Crippen molar-refractivity contribution in [3.8, 4) is 5.75 Å². The molecule has 5 atom stereocenters. The van der Waals surface area contributed by atoms with Crippen LogP contribution in [0.3, 0.4) is 0 Å². The van der Waals surface area contributed by atoms with Crippen LogP contribution >= 0.6 is 0 Å². The Morgan fingerprint density at radius 1 is 1.17 bits per heavy atom. The summed E-state index contributed by atoms with van der Waals surface area (Å²) >= 11 is 0. The van der Waals surface area contributed by atoms with Crippen LogP contribution in [0.1, 0.15) is 57.1 Å². The highest BCUT2D eigenvalue weighted by atomic mass is 19.1. The molecule has 5 rings (SSSR count). The average Bonchev–Trinajstić information content (AvgIpc) is 3.48. The van der Waals surface area contributed by atoms with Gasteiger partial charge in [-0.3, -0.25) is 14.9 Å². The van der Waals surface area contributed by atoms with E-state index in [1.54, 1.807) is 6.20 Å². The molecule has 1 aliphatic carbocycles. The molecule has 8 nitrogen and oxygen atoms in total. The Morgan fingerprint density at radius 2 is 1.91 bits per heavy atom. The van der Waals surface area contributed by atoms with E-state index in [1.165, 1.54) is 0 Å². The Kier molecular flexibility index (Phi) is 7.09. The molecule has 1 aromatic carbocycles. The van der Waals surface area contributed by atoms with Gasteiger partial charge in [0.1, 0.15) is 24.1 Å². The summed E-state index contributed by atoms with van der Waals surface area (Å²) in [5, 5.41) is 7.42. The van der Waals surface area contributed by atoms with Gasteiger partial charge in [-0.05, 0) is 76.4 Å². The van der Waals surface area contributed by atoms with E-state index < -0.39 is 12.2 Å². The number of anilines is 1. The molecule has 0 bridgehead atoms. The van der Waals surface area contributed by atoms with Crippen LogP contribution in [0.25, 0.3) is 0 Å². The molecule has 3 heterocycles. The van der Waals surface area contributed by atoms with Crippen molar-refractivity contribution in [3.05, 3.63) is 42.2 Å². The number of halogens is 1. The number of piperidine rings is 1. The van der Waals surface area contributed by atoms with Crippen molar-refractivity contribution in [1.82, 2.24) is 25.5 Å². The van der Waals surface area contributed by atoms with E-state index in [-0.39, 0.29) is 35.9 Å². The van der Waals surface area contributed by atoms with Gasteiger partial charge in [0.05, 0.1) is 6.20 Å². The minimum absolute atomic E-state index is 0.00133. The van der Waals surface area contributed by atoms with E-state index >= 15 is 4.39 Å². The van der Waals surface area contributed by atoms with Gasteiger partial charge >= 0.3 is 0 Å². The van der Waals surface area contributed by atoms with Crippen LogP contribution in [0.15, 0.2) is 36.7 Å². The van der Waals surface area contributed by atoms with Crippen LogP contribution < -0.4 is 20.9 Å². The first-order chi connectivity index (χ1) is 16.9. The molecule has 1 aromatic heterocycles. The van der Waals surface area contributed by atoms with Gasteiger partial charge in [0.2, 0.25) is 5.91 Å². The van der Waals surface area contributed by atoms with Gasteiger partial charge in [-0.25, -0.2) is 9.82 Å². The van der Waals surface area contributed by atoms with Gasteiger partial charge in [0.25, 0.3) is 0 Å². The molecular formula is C26H37FN6O2. The Morgan fingerprint density at radius 3 is 2.60 bits per heavy atom. The Bertz CT molecular complexity index is 1000. The molecule has 2 aliphatic heterocycles. The summed E-state index contributed by atoms with van der Waals surface area (Å²) in [4.78, 5) is 15.5. The van der Waals surface area contributed by atoms with Gasteiger partial charge in [-0.1, -0.05) is 0 Å². The van der Waals surface area contributed by atoms with Crippen molar-refractivity contribution >= 4 is 11.6 Å². The van der Waals surface area contributed by atoms with Crippen LogP contribution in [-0.2, 0) is 4.79 Å². The van der Waals surface area contributed by atoms with E-state index in [2.05, 4.69) is 47.1 Å². The maximum Gasteiger partial charge on any atom is 0.243 e. The fourth-order valence-electron chi connectivity index (χ4n) is 5.59. The lowest BCUT2D eigenvalue weighted by Crippen LogP contribution is -2.43. The number of likely N-dealkylation sites (tertiary alicyclic amines) is 1. The van der Waals surface area contributed by atoms with Crippen LogP contribution in [0.4, 0.5) is 10.1 Å². The molecule has 2 saturated heterocycles. The molecule has 190 valence electrons. The number of carbonyl (C=O) groups excluding carboxylic acids is 1. The number of ether oxygens (including phenoxy) is 1. The number of benzene rings is 1. The maximum absolute atomic E-state index is 15.1. The van der Waals surface area contributed by atoms with Gasteiger partial charge in [0, 0.05) is 48.9 Å². The molecule has 2 aromatic rings. The molecule has 9 heteroatoms. The number of alkyl halides is 1. The lowest BCUT2D eigenvalue weighted by molar-refractivity contribution is -0.119. The fourth-order valence-corrected chi connectivity index (χ4v) is 5.59. The van der Waals surface area contributed by atoms with Crippen molar-refractivity contribution in [3.63, 3.8) is 0 Å². The number of rotatable bonds is 6. The Balaban J connectivity index is 1.19. The third kappa shape index (κ3) is 5.37. The summed E-state index contributed by atoms with van der Waals surface area (Å²) in [5.74, 6) is 0.463. The third-order valence-corrected chi connectivity index (χ3v) is 7.76. The number of amides is 1. The molecule has 5 unspecified atom stereocenters. The third-order valence-electron chi connectivity index (χ3n) is 7.76. The molecule has 0 radical (unpaired) electrons. The van der Waals surface area contributed by atoms with Crippen molar-refractivity contribution < 1.29 is 13.9 Å². The number of hydrogen-bond donors (Lipinski definition) is 3. The molecule has 3 fully saturated rings. The average molecular weight is 485 g/mol. The smallest absolute Gasteiger partial charge is 0.243 e. The maximum atomic E-state index is 15.1. The summed E-state index contributed by atoms with van der Waals surface area (Å²) in [6, 6.07) is 7.31. The SMILES string of the molecule is CC(C)n1cc(C2CC3C(CC2F)NNC3C(=O)Nc2ccc(OC3CCN(C)CC3)cc2)cn1. The summed E-state index contributed by atoms with van der Waals surface area (Å²) in [6.07, 6.45) is 6.02. The van der Waals surface area contributed by atoms with Crippen LogP contribution in [0.5, 0.6) is 5.75 Å². The van der Waals surface area contributed by atoms with Crippen LogP contribution in [0.2, 0.25) is 0 Å². The van der Waals surface area contributed by atoms with Gasteiger partial charge in [0.15, 0.2) is 0 Å². The van der Waals surface area contributed by atoms with Gasteiger partial charge in [-0.2, -0.15) is 5.10 Å². The zero-order valence-electron chi connectivity index (χ0n) is 20.8. The minimum Gasteiger partial charge on any atom is -0.490 e. The van der Waals surface area contributed by atoms with E-state index in [4.69, 9.17) is 4.74 Å². The first-order valence-corrected chi connectivity index (χ1v) is 12.8. The quantitative estimate of drug-likeness (QED) is 0.584. The number of hydrazine groups is 1. The molecule has 0 spiro atoms. The molecule has 1 saturated carbocycles. The number of hydrogen-bond acceptors (Lipinski definition) is 6. The summed E-state index contributed by atoms with van der Waals surface area (Å²) in [7, 11) is 2.13. The van der Waals surface area contributed by atoms with E-state index in [0.717, 1.165) is 42.9 Å². The first-order valence-electron chi connectivity index (χ1n) is 12.8. The summed E-state index contributed by atoms with van der Waals surface area (Å²) in [6.45, 7) is 6.21. The number of nitrogens with zero attached hydrogens (tertiary/aromatic N) is 3. The second kappa shape index (κ2) is 10.2. The second-order valence-corrected chi connectivity index (χ2v) is 10.6. The van der Waals surface area contributed by atoms with Crippen molar-refractivity contribution in [2.45, 2.75) is 75.8 Å². The van der Waals surface area contributed by atoms with Gasteiger partial charge in [-0.15, -0.1) is 0 Å². The van der Waals surface area contributed by atoms with Gasteiger partial charge < -0.3 is 15.0 Å². The van der Waals surface area contributed by atoms with E-state index in [1.807, 2.05) is 35.1 Å². The molecular weight excluding hydrogens is 447 g/mol. The molecule has 1 amide bonds. The Labute approximate surface area is 206 Å². The molecule has 3 aliphatic rings. The van der Waals surface area contributed by atoms with Crippen LogP contribution in [-0.4, -0.2) is 65.1 Å². The Hall–Kier alpha value is -2.49. The first kappa shape index (κ1) is 24.2. The molecule has 3 N–H and O–H groups in total. The fraction of sp³-hybridized carbons (Fsp3) is 0.615. The lowest BCUT2D eigenvalue weighted by atomic mass is 9.73. The largest absolute Gasteiger partial charge is 0.490 e. The number of carbonyl (C=O) groups is 1. The second-order valence-electron chi connectivity index (χ2n) is 10.6.